The van der Waals surface area contributed by atoms with Crippen LogP contribution in [0.4, 0.5) is 22.0 Å². The first-order valence-corrected chi connectivity index (χ1v) is 12.5. The highest BCUT2D eigenvalue weighted by atomic mass is 19.2. The maximum Gasteiger partial charge on any atom is 0.311 e. The summed E-state index contributed by atoms with van der Waals surface area (Å²) >= 11 is 0. The second-order valence-electron chi connectivity index (χ2n) is 9.84. The SMILES string of the molecule is CC(C)(C)OC(O)CCCCCCCCCCCCCCC(=O)Oc1c(F)c(F)c(F)c(F)c1F. The monoisotopic (exact) mass is 510 g/mol. The smallest absolute Gasteiger partial charge is 0.311 e. The van der Waals surface area contributed by atoms with E-state index < -0.39 is 47.1 Å². The molecule has 0 amide bonds. The molecule has 0 spiro atoms. The van der Waals surface area contributed by atoms with Gasteiger partial charge in [0.05, 0.1) is 5.60 Å². The first-order chi connectivity index (χ1) is 16.4. The van der Waals surface area contributed by atoms with Crippen LogP contribution in [0.2, 0.25) is 0 Å². The number of hydrogen-bond donors (Lipinski definition) is 1. The summed E-state index contributed by atoms with van der Waals surface area (Å²) in [5.74, 6) is -13.5. The zero-order valence-electron chi connectivity index (χ0n) is 21.0. The number of carbonyl (C=O) groups excluding carboxylic acids is 1. The highest BCUT2D eigenvalue weighted by Gasteiger charge is 2.28. The second kappa shape index (κ2) is 16.1. The highest BCUT2D eigenvalue weighted by Crippen LogP contribution is 2.29. The summed E-state index contributed by atoms with van der Waals surface area (Å²) in [6.07, 6.45) is 11.7. The summed E-state index contributed by atoms with van der Waals surface area (Å²) in [5.41, 5.74) is -0.332. The number of benzene rings is 1. The Morgan fingerprint density at radius 1 is 0.686 bits per heavy atom. The minimum atomic E-state index is -2.29. The molecule has 202 valence electrons. The molecule has 0 saturated carbocycles. The summed E-state index contributed by atoms with van der Waals surface area (Å²) in [6.45, 7) is 5.77. The lowest BCUT2D eigenvalue weighted by Crippen LogP contribution is -2.27. The predicted octanol–water partition coefficient (Wildman–Crippen LogP) is 7.88. The van der Waals surface area contributed by atoms with Crippen LogP contribution in [0.25, 0.3) is 0 Å². The van der Waals surface area contributed by atoms with E-state index in [0.717, 1.165) is 51.4 Å². The predicted molar refractivity (Wildman–Crippen MR) is 123 cm³/mol. The van der Waals surface area contributed by atoms with E-state index in [9.17, 15) is 31.9 Å². The number of rotatable bonds is 17. The van der Waals surface area contributed by atoms with E-state index in [4.69, 9.17) is 4.74 Å². The van der Waals surface area contributed by atoms with Gasteiger partial charge in [0, 0.05) is 6.42 Å². The molecule has 1 rings (SSSR count). The fourth-order valence-corrected chi connectivity index (χ4v) is 3.66. The van der Waals surface area contributed by atoms with E-state index in [-0.39, 0.29) is 12.0 Å². The zero-order valence-corrected chi connectivity index (χ0v) is 21.0. The van der Waals surface area contributed by atoms with Crippen molar-refractivity contribution in [2.45, 2.75) is 123 Å². The quantitative estimate of drug-likeness (QED) is 0.0440. The van der Waals surface area contributed by atoms with Crippen molar-refractivity contribution in [3.8, 4) is 5.75 Å². The molecule has 0 radical (unpaired) electrons. The van der Waals surface area contributed by atoms with Gasteiger partial charge in [-0.2, -0.15) is 8.78 Å². The summed E-state index contributed by atoms with van der Waals surface area (Å²) in [5, 5.41) is 9.79. The molecule has 0 bridgehead atoms. The number of ether oxygens (including phenoxy) is 2. The number of aliphatic hydroxyl groups excluding tert-OH is 1. The van der Waals surface area contributed by atoms with Crippen molar-refractivity contribution < 1.29 is 41.3 Å². The van der Waals surface area contributed by atoms with Gasteiger partial charge in [-0.05, 0) is 40.0 Å². The Bertz CT molecular complexity index is 751. The largest absolute Gasteiger partial charge is 0.420 e. The van der Waals surface area contributed by atoms with E-state index in [1.54, 1.807) is 0 Å². The van der Waals surface area contributed by atoms with Gasteiger partial charge in [-0.3, -0.25) is 4.79 Å². The van der Waals surface area contributed by atoms with Crippen molar-refractivity contribution in [1.82, 2.24) is 0 Å². The molecule has 0 aromatic heterocycles. The van der Waals surface area contributed by atoms with Gasteiger partial charge in [-0.1, -0.05) is 64.2 Å². The fourth-order valence-electron chi connectivity index (χ4n) is 3.66. The lowest BCUT2D eigenvalue weighted by atomic mass is 10.0. The number of unbranched alkanes of at least 4 members (excludes halogenated alkanes) is 11. The maximum absolute atomic E-state index is 13.5. The lowest BCUT2D eigenvalue weighted by Gasteiger charge is -2.23. The number of aliphatic hydroxyl groups is 1. The van der Waals surface area contributed by atoms with Crippen LogP contribution >= 0.6 is 0 Å². The van der Waals surface area contributed by atoms with Gasteiger partial charge >= 0.3 is 5.97 Å². The van der Waals surface area contributed by atoms with Gasteiger partial charge in [-0.15, -0.1) is 0 Å². The molecule has 0 aliphatic rings. The third-order valence-corrected chi connectivity index (χ3v) is 5.46. The second-order valence-corrected chi connectivity index (χ2v) is 9.84. The summed E-state index contributed by atoms with van der Waals surface area (Å²) in [6, 6.07) is 0. The third-order valence-electron chi connectivity index (χ3n) is 5.46. The van der Waals surface area contributed by atoms with Crippen molar-refractivity contribution in [3.05, 3.63) is 29.1 Å². The summed E-state index contributed by atoms with van der Waals surface area (Å²) < 4.78 is 76.2. The normalized spacial score (nSPS) is 12.7. The van der Waals surface area contributed by atoms with E-state index in [0.29, 0.717) is 19.3 Å². The molecule has 0 fully saturated rings. The van der Waals surface area contributed by atoms with Gasteiger partial charge in [0.15, 0.2) is 6.29 Å². The lowest BCUT2D eigenvalue weighted by molar-refractivity contribution is -0.168. The number of carbonyl (C=O) groups is 1. The van der Waals surface area contributed by atoms with Gasteiger partial charge in [-0.25, -0.2) is 13.2 Å². The van der Waals surface area contributed by atoms with E-state index in [2.05, 4.69) is 4.74 Å². The molecule has 0 aliphatic carbocycles. The van der Waals surface area contributed by atoms with Crippen LogP contribution in [0, 0.1) is 29.1 Å². The average molecular weight is 511 g/mol. The van der Waals surface area contributed by atoms with Crippen LogP contribution in [0.3, 0.4) is 0 Å². The molecule has 1 aromatic carbocycles. The van der Waals surface area contributed by atoms with Crippen LogP contribution in [0.1, 0.15) is 111 Å². The van der Waals surface area contributed by atoms with E-state index in [1.807, 2.05) is 20.8 Å². The molecule has 9 heteroatoms. The molecule has 1 atom stereocenters. The number of halogens is 5. The molecular weight excluding hydrogens is 471 g/mol. The average Bonchev–Trinajstić information content (AvgIpc) is 2.78. The Morgan fingerprint density at radius 2 is 1.06 bits per heavy atom. The zero-order chi connectivity index (χ0) is 26.4. The van der Waals surface area contributed by atoms with Gasteiger partial charge in [0.25, 0.3) is 0 Å². The Morgan fingerprint density at radius 3 is 1.49 bits per heavy atom. The van der Waals surface area contributed by atoms with Gasteiger partial charge in [0.2, 0.25) is 34.8 Å². The summed E-state index contributed by atoms with van der Waals surface area (Å²) in [7, 11) is 0. The first kappa shape index (κ1) is 31.3. The Hall–Kier alpha value is -1.74. The Balaban J connectivity index is 2.01. The fraction of sp³-hybridized carbons (Fsp3) is 0.731. The molecule has 4 nitrogen and oxygen atoms in total. The highest BCUT2D eigenvalue weighted by molar-refractivity contribution is 5.72. The van der Waals surface area contributed by atoms with Crippen LogP contribution in [0.5, 0.6) is 5.75 Å². The van der Waals surface area contributed by atoms with Crippen molar-refractivity contribution in [2.75, 3.05) is 0 Å². The molecule has 0 aliphatic heterocycles. The topological polar surface area (TPSA) is 55.8 Å². The van der Waals surface area contributed by atoms with Crippen molar-refractivity contribution >= 4 is 5.97 Å². The molecule has 0 saturated heterocycles. The van der Waals surface area contributed by atoms with Crippen LogP contribution in [0.15, 0.2) is 0 Å². The standard InChI is InChI=1S/C26H39F5O4/c1-26(2,3)35-19(33)17-15-13-11-9-7-5-4-6-8-10-12-14-16-18(32)34-25-23(30)21(28)20(27)22(29)24(25)31/h19,33H,4-17H2,1-3H3. The van der Waals surface area contributed by atoms with Crippen molar-refractivity contribution in [2.24, 2.45) is 0 Å². The van der Waals surface area contributed by atoms with Gasteiger partial charge in [0.1, 0.15) is 0 Å². The Kier molecular flexibility index (Phi) is 14.4. The number of hydrogen-bond acceptors (Lipinski definition) is 4. The molecule has 35 heavy (non-hydrogen) atoms. The Labute approximate surface area is 205 Å². The van der Waals surface area contributed by atoms with Crippen molar-refractivity contribution in [3.63, 3.8) is 0 Å². The van der Waals surface area contributed by atoms with Crippen LogP contribution in [-0.4, -0.2) is 23.0 Å². The third kappa shape index (κ3) is 12.7. The minimum Gasteiger partial charge on any atom is -0.420 e. The minimum absolute atomic E-state index is 0.168. The maximum atomic E-state index is 13.5. The van der Waals surface area contributed by atoms with Crippen LogP contribution < -0.4 is 4.74 Å². The van der Waals surface area contributed by atoms with Gasteiger partial charge < -0.3 is 14.6 Å². The van der Waals surface area contributed by atoms with E-state index >= 15 is 0 Å². The molecular formula is C26H39F5O4. The number of esters is 1. The van der Waals surface area contributed by atoms with Crippen LogP contribution in [-0.2, 0) is 9.53 Å². The molecule has 1 N–H and O–H groups in total. The molecule has 1 unspecified atom stereocenters. The first-order valence-electron chi connectivity index (χ1n) is 12.5. The molecule has 0 heterocycles. The summed E-state index contributed by atoms with van der Waals surface area (Å²) in [4.78, 5) is 11.7. The molecule has 1 aromatic rings. The van der Waals surface area contributed by atoms with E-state index in [1.165, 1.54) is 12.8 Å². The van der Waals surface area contributed by atoms with Crippen molar-refractivity contribution in [1.29, 1.82) is 0 Å².